The van der Waals surface area contributed by atoms with Crippen LogP contribution in [0.3, 0.4) is 0 Å². The van der Waals surface area contributed by atoms with E-state index in [0.29, 0.717) is 17.4 Å². The van der Waals surface area contributed by atoms with Crippen LogP contribution >= 0.6 is 11.6 Å². The Hall–Kier alpha value is -2.14. The van der Waals surface area contributed by atoms with Crippen LogP contribution in [0.5, 0.6) is 0 Å². The van der Waals surface area contributed by atoms with Crippen LogP contribution in [0.4, 0.5) is 5.82 Å². The summed E-state index contributed by atoms with van der Waals surface area (Å²) in [5.74, 6) is -0.636. The lowest BCUT2D eigenvalue weighted by molar-refractivity contribution is 0.0690. The molecule has 0 saturated carbocycles. The third kappa shape index (κ3) is 3.93. The number of nitrogens with one attached hydrogen (secondary N) is 1. The Morgan fingerprint density at radius 3 is 2.68 bits per heavy atom. The van der Waals surface area contributed by atoms with Crippen molar-refractivity contribution in [3.63, 3.8) is 0 Å². The van der Waals surface area contributed by atoms with Gasteiger partial charge >= 0.3 is 5.97 Å². The van der Waals surface area contributed by atoms with Crippen LogP contribution in [0.2, 0.25) is 5.02 Å². The number of halogens is 1. The third-order valence-corrected chi connectivity index (χ3v) is 2.74. The minimum absolute atomic E-state index is 0.0727. The number of carboxylic acids is 1. The van der Waals surface area contributed by atoms with Gasteiger partial charge in [-0.15, -0.1) is 0 Å². The summed E-state index contributed by atoms with van der Waals surface area (Å²) < 4.78 is 0. The molecule has 1 aromatic carbocycles. The zero-order chi connectivity index (χ0) is 13.7. The zero-order valence-electron chi connectivity index (χ0n) is 10.0. The molecule has 0 aliphatic rings. The molecule has 0 amide bonds. The summed E-state index contributed by atoms with van der Waals surface area (Å²) in [7, 11) is 0. The molecule has 0 unspecified atom stereocenters. The van der Waals surface area contributed by atoms with E-state index in [2.05, 4.69) is 15.3 Å². The molecule has 2 aromatic rings. The fourth-order valence-electron chi connectivity index (χ4n) is 1.54. The van der Waals surface area contributed by atoms with Crippen LogP contribution in [0.25, 0.3) is 0 Å². The minimum Gasteiger partial charge on any atom is -0.476 e. The maximum absolute atomic E-state index is 10.7. The van der Waals surface area contributed by atoms with E-state index in [0.717, 1.165) is 12.0 Å². The van der Waals surface area contributed by atoms with Gasteiger partial charge in [-0.3, -0.25) is 4.98 Å². The molecule has 0 atom stereocenters. The summed E-state index contributed by atoms with van der Waals surface area (Å²) in [4.78, 5) is 18.5. The first-order valence-electron chi connectivity index (χ1n) is 5.69. The van der Waals surface area contributed by atoms with E-state index < -0.39 is 5.97 Å². The quantitative estimate of drug-likeness (QED) is 0.878. The summed E-state index contributed by atoms with van der Waals surface area (Å²) in [6.45, 7) is 0.638. The van der Waals surface area contributed by atoms with Gasteiger partial charge in [0.2, 0.25) is 0 Å². The normalized spacial score (nSPS) is 10.2. The molecule has 2 N–H and O–H groups in total. The Labute approximate surface area is 115 Å². The molecule has 98 valence electrons. The van der Waals surface area contributed by atoms with E-state index in [1.54, 1.807) is 0 Å². The van der Waals surface area contributed by atoms with Crippen LogP contribution < -0.4 is 5.32 Å². The van der Waals surface area contributed by atoms with E-state index in [-0.39, 0.29) is 5.69 Å². The van der Waals surface area contributed by atoms with E-state index in [1.165, 1.54) is 12.4 Å². The zero-order valence-corrected chi connectivity index (χ0v) is 10.8. The largest absolute Gasteiger partial charge is 0.476 e. The fraction of sp³-hybridized carbons (Fsp3) is 0.154. The molecule has 0 aliphatic heterocycles. The van der Waals surface area contributed by atoms with Crippen LogP contribution in [-0.2, 0) is 6.42 Å². The molecule has 0 aliphatic carbocycles. The van der Waals surface area contributed by atoms with Gasteiger partial charge in [0.15, 0.2) is 5.69 Å². The second-order valence-electron chi connectivity index (χ2n) is 3.90. The maximum atomic E-state index is 10.7. The molecule has 1 aromatic heterocycles. The van der Waals surface area contributed by atoms with Gasteiger partial charge in [0, 0.05) is 11.6 Å². The Morgan fingerprint density at radius 1 is 1.26 bits per heavy atom. The summed E-state index contributed by atoms with van der Waals surface area (Å²) in [6, 6.07) is 7.57. The molecule has 0 saturated heterocycles. The average molecular weight is 278 g/mol. The fourth-order valence-corrected chi connectivity index (χ4v) is 1.67. The lowest BCUT2D eigenvalue weighted by atomic mass is 10.1. The van der Waals surface area contributed by atoms with Crippen LogP contribution in [0.15, 0.2) is 36.7 Å². The summed E-state index contributed by atoms with van der Waals surface area (Å²) in [5, 5.41) is 12.5. The number of hydrogen-bond acceptors (Lipinski definition) is 4. The highest BCUT2D eigenvalue weighted by atomic mass is 35.5. The van der Waals surface area contributed by atoms with E-state index in [1.807, 2.05) is 24.3 Å². The first-order valence-corrected chi connectivity index (χ1v) is 6.06. The van der Waals surface area contributed by atoms with Crippen molar-refractivity contribution < 1.29 is 9.90 Å². The predicted molar refractivity (Wildman–Crippen MR) is 72.6 cm³/mol. The maximum Gasteiger partial charge on any atom is 0.356 e. The molecular weight excluding hydrogens is 266 g/mol. The molecule has 0 radical (unpaired) electrons. The Kier molecular flexibility index (Phi) is 4.30. The van der Waals surface area contributed by atoms with Gasteiger partial charge in [-0.1, -0.05) is 23.7 Å². The van der Waals surface area contributed by atoms with Crippen LogP contribution in [-0.4, -0.2) is 27.6 Å². The van der Waals surface area contributed by atoms with Crippen molar-refractivity contribution in [2.45, 2.75) is 6.42 Å². The van der Waals surface area contributed by atoms with Crippen molar-refractivity contribution in [2.75, 3.05) is 11.9 Å². The number of carbonyl (C=O) groups is 1. The predicted octanol–water partition coefficient (Wildman–Crippen LogP) is 2.48. The molecular formula is C13H12ClN3O2. The van der Waals surface area contributed by atoms with Gasteiger partial charge < -0.3 is 10.4 Å². The number of aromatic nitrogens is 2. The van der Waals surface area contributed by atoms with Crippen molar-refractivity contribution in [2.24, 2.45) is 0 Å². The number of carboxylic acid groups (broad SMARTS) is 1. The molecule has 5 nitrogen and oxygen atoms in total. The van der Waals surface area contributed by atoms with E-state index in [4.69, 9.17) is 16.7 Å². The van der Waals surface area contributed by atoms with Crippen molar-refractivity contribution in [1.82, 2.24) is 9.97 Å². The lowest BCUT2D eigenvalue weighted by Crippen LogP contribution is -2.09. The highest BCUT2D eigenvalue weighted by molar-refractivity contribution is 6.30. The first-order chi connectivity index (χ1) is 9.15. The smallest absolute Gasteiger partial charge is 0.356 e. The van der Waals surface area contributed by atoms with Gasteiger partial charge in [0.1, 0.15) is 5.82 Å². The first kappa shape index (κ1) is 13.3. The monoisotopic (exact) mass is 277 g/mol. The number of anilines is 1. The highest BCUT2D eigenvalue weighted by Gasteiger charge is 2.05. The Balaban J connectivity index is 1.90. The summed E-state index contributed by atoms with van der Waals surface area (Å²) >= 11 is 5.80. The number of aromatic carboxylic acids is 1. The van der Waals surface area contributed by atoms with E-state index in [9.17, 15) is 4.79 Å². The van der Waals surface area contributed by atoms with Crippen LogP contribution in [0.1, 0.15) is 16.1 Å². The topological polar surface area (TPSA) is 75.1 Å². The lowest BCUT2D eigenvalue weighted by Gasteiger charge is -2.05. The molecule has 2 rings (SSSR count). The second kappa shape index (κ2) is 6.15. The molecule has 0 bridgehead atoms. The molecule has 0 fully saturated rings. The Bertz CT molecular complexity index is 572. The van der Waals surface area contributed by atoms with Gasteiger partial charge in [0.25, 0.3) is 0 Å². The summed E-state index contributed by atoms with van der Waals surface area (Å²) in [5.41, 5.74) is 1.07. The van der Waals surface area contributed by atoms with Gasteiger partial charge in [-0.25, -0.2) is 9.78 Å². The summed E-state index contributed by atoms with van der Waals surface area (Å²) in [6.07, 6.45) is 3.50. The van der Waals surface area contributed by atoms with Gasteiger partial charge in [0.05, 0.1) is 12.4 Å². The van der Waals surface area contributed by atoms with Crippen molar-refractivity contribution in [3.8, 4) is 0 Å². The number of hydrogen-bond donors (Lipinski definition) is 2. The third-order valence-electron chi connectivity index (χ3n) is 2.49. The second-order valence-corrected chi connectivity index (χ2v) is 4.33. The average Bonchev–Trinajstić information content (AvgIpc) is 2.41. The SMILES string of the molecule is O=C(O)c1cncc(NCCc2ccc(Cl)cc2)n1. The number of nitrogens with zero attached hydrogens (tertiary/aromatic N) is 2. The molecule has 1 heterocycles. The number of benzene rings is 1. The highest BCUT2D eigenvalue weighted by Crippen LogP contribution is 2.10. The molecule has 0 spiro atoms. The van der Waals surface area contributed by atoms with Crippen molar-refractivity contribution >= 4 is 23.4 Å². The van der Waals surface area contributed by atoms with Crippen LogP contribution in [0, 0.1) is 0 Å². The van der Waals surface area contributed by atoms with Gasteiger partial charge in [-0.05, 0) is 24.1 Å². The molecule has 6 heteroatoms. The van der Waals surface area contributed by atoms with E-state index >= 15 is 0 Å². The standard InChI is InChI=1S/C13H12ClN3O2/c14-10-3-1-9(2-4-10)5-6-16-12-8-15-7-11(17-12)13(18)19/h1-4,7-8H,5-6H2,(H,16,17)(H,18,19). The molecule has 19 heavy (non-hydrogen) atoms. The van der Waals surface area contributed by atoms with Crippen molar-refractivity contribution in [1.29, 1.82) is 0 Å². The number of rotatable bonds is 5. The van der Waals surface area contributed by atoms with Gasteiger partial charge in [-0.2, -0.15) is 0 Å². The minimum atomic E-state index is -1.09. The van der Waals surface area contributed by atoms with Crippen molar-refractivity contribution in [3.05, 3.63) is 52.9 Å². The Morgan fingerprint density at radius 2 is 2.00 bits per heavy atom.